The zero-order valence-electron chi connectivity index (χ0n) is 9.06. The van der Waals surface area contributed by atoms with Crippen LogP contribution in [0.3, 0.4) is 0 Å². The largest absolute Gasteiger partial charge is 0.481 e. The third-order valence-electron chi connectivity index (χ3n) is 5.29. The number of fused-ring (bicyclic) bond motifs is 5. The van der Waals surface area contributed by atoms with Crippen LogP contribution in [0.5, 0.6) is 0 Å². The summed E-state index contributed by atoms with van der Waals surface area (Å²) in [5.74, 6) is -1.44. The quantitative estimate of drug-likeness (QED) is 0.747. The fraction of sp³-hybridized carbons (Fsp3) is 0.833. The maximum absolute atomic E-state index is 11.6. The maximum Gasteiger partial charge on any atom is 0.310 e. The van der Waals surface area contributed by atoms with E-state index in [1.54, 1.807) is 0 Å². The molecule has 5 unspecified atom stereocenters. The Balaban J connectivity index is 2.05. The SMILES string of the molecule is O=C(O)C1CC2CC1(C(=O)O)C1CCCC21. The van der Waals surface area contributed by atoms with Crippen LogP contribution in [0, 0.1) is 29.1 Å². The van der Waals surface area contributed by atoms with Crippen molar-refractivity contribution >= 4 is 11.9 Å². The summed E-state index contributed by atoms with van der Waals surface area (Å²) in [5, 5.41) is 18.7. The Labute approximate surface area is 93.6 Å². The van der Waals surface area contributed by atoms with E-state index in [2.05, 4.69) is 0 Å². The highest BCUT2D eigenvalue weighted by atomic mass is 16.4. The van der Waals surface area contributed by atoms with Crippen molar-refractivity contribution in [3.05, 3.63) is 0 Å². The Kier molecular flexibility index (Phi) is 1.89. The zero-order valence-corrected chi connectivity index (χ0v) is 9.06. The molecule has 3 fully saturated rings. The van der Waals surface area contributed by atoms with Crippen LogP contribution in [0.1, 0.15) is 32.1 Å². The van der Waals surface area contributed by atoms with Crippen molar-refractivity contribution in [2.45, 2.75) is 32.1 Å². The molecular weight excluding hydrogens is 208 g/mol. The monoisotopic (exact) mass is 224 g/mol. The lowest BCUT2D eigenvalue weighted by molar-refractivity contribution is -0.165. The highest BCUT2D eigenvalue weighted by Gasteiger charge is 2.69. The summed E-state index contributed by atoms with van der Waals surface area (Å²) < 4.78 is 0. The van der Waals surface area contributed by atoms with E-state index in [4.69, 9.17) is 0 Å². The molecule has 0 saturated heterocycles. The number of hydrogen-bond acceptors (Lipinski definition) is 2. The predicted molar refractivity (Wildman–Crippen MR) is 54.7 cm³/mol. The molecule has 0 aromatic carbocycles. The second-order valence-corrected chi connectivity index (χ2v) is 5.64. The van der Waals surface area contributed by atoms with Crippen LogP contribution >= 0.6 is 0 Å². The minimum Gasteiger partial charge on any atom is -0.481 e. The number of rotatable bonds is 2. The molecule has 2 bridgehead atoms. The second kappa shape index (κ2) is 2.99. The smallest absolute Gasteiger partial charge is 0.310 e. The molecule has 0 spiro atoms. The van der Waals surface area contributed by atoms with Gasteiger partial charge in [0.05, 0.1) is 11.3 Å². The normalized spacial score (nSPS) is 49.2. The van der Waals surface area contributed by atoms with E-state index in [1.165, 1.54) is 0 Å². The molecule has 3 saturated carbocycles. The van der Waals surface area contributed by atoms with Gasteiger partial charge in [-0.1, -0.05) is 6.42 Å². The Morgan fingerprint density at radius 3 is 2.56 bits per heavy atom. The van der Waals surface area contributed by atoms with Crippen molar-refractivity contribution in [3.63, 3.8) is 0 Å². The van der Waals surface area contributed by atoms with E-state index in [1.807, 2.05) is 0 Å². The highest BCUT2D eigenvalue weighted by molar-refractivity contribution is 5.85. The molecule has 4 nitrogen and oxygen atoms in total. The van der Waals surface area contributed by atoms with Crippen molar-refractivity contribution in [2.75, 3.05) is 0 Å². The van der Waals surface area contributed by atoms with Crippen molar-refractivity contribution in [1.82, 2.24) is 0 Å². The minimum atomic E-state index is -0.933. The van der Waals surface area contributed by atoms with Gasteiger partial charge in [-0.3, -0.25) is 9.59 Å². The molecule has 0 amide bonds. The van der Waals surface area contributed by atoms with Gasteiger partial charge >= 0.3 is 11.9 Å². The van der Waals surface area contributed by atoms with Gasteiger partial charge in [-0.25, -0.2) is 0 Å². The molecule has 0 aliphatic heterocycles. The van der Waals surface area contributed by atoms with Crippen LogP contribution in [0.2, 0.25) is 0 Å². The van der Waals surface area contributed by atoms with E-state index in [0.29, 0.717) is 24.7 Å². The van der Waals surface area contributed by atoms with Crippen molar-refractivity contribution in [2.24, 2.45) is 29.1 Å². The number of hydrogen-bond donors (Lipinski definition) is 2. The standard InChI is InChI=1S/C12H16O4/c13-10(14)9-4-6-5-12(9,11(15)16)8-3-1-2-7(6)8/h6-9H,1-5H2,(H,13,14)(H,15,16). The first-order valence-corrected chi connectivity index (χ1v) is 6.03. The number of carboxylic acids is 2. The topological polar surface area (TPSA) is 74.6 Å². The first-order chi connectivity index (χ1) is 7.57. The number of aliphatic carboxylic acids is 2. The molecule has 3 aliphatic rings. The van der Waals surface area contributed by atoms with Gasteiger partial charge in [-0.05, 0) is 43.4 Å². The van der Waals surface area contributed by atoms with Gasteiger partial charge in [0.2, 0.25) is 0 Å². The minimum absolute atomic E-state index is 0.129. The van der Waals surface area contributed by atoms with Crippen LogP contribution < -0.4 is 0 Å². The van der Waals surface area contributed by atoms with Gasteiger partial charge in [0.15, 0.2) is 0 Å². The van der Waals surface area contributed by atoms with Gasteiger partial charge in [0, 0.05) is 0 Å². The van der Waals surface area contributed by atoms with Gasteiger partial charge in [0.25, 0.3) is 0 Å². The van der Waals surface area contributed by atoms with E-state index in [0.717, 1.165) is 19.3 Å². The van der Waals surface area contributed by atoms with Crippen LogP contribution in [-0.2, 0) is 9.59 Å². The highest BCUT2D eigenvalue weighted by Crippen LogP contribution is 2.68. The summed E-state index contributed by atoms with van der Waals surface area (Å²) in [6, 6.07) is 0. The van der Waals surface area contributed by atoms with Crippen LogP contribution in [0.4, 0.5) is 0 Å². The molecule has 2 N–H and O–H groups in total. The average Bonchev–Trinajstić information content (AvgIpc) is 2.88. The molecule has 4 heteroatoms. The Morgan fingerprint density at radius 1 is 1.19 bits per heavy atom. The van der Waals surface area contributed by atoms with Crippen molar-refractivity contribution < 1.29 is 19.8 Å². The summed E-state index contributed by atoms with van der Waals surface area (Å²) in [5.41, 5.74) is -0.933. The Hall–Kier alpha value is -1.06. The molecular formula is C12H16O4. The molecule has 3 aliphatic carbocycles. The maximum atomic E-state index is 11.6. The first-order valence-electron chi connectivity index (χ1n) is 6.03. The number of carbonyl (C=O) groups is 2. The summed E-state index contributed by atoms with van der Waals surface area (Å²) in [6.07, 6.45) is 4.29. The molecule has 5 atom stereocenters. The van der Waals surface area contributed by atoms with Crippen LogP contribution in [0.25, 0.3) is 0 Å². The third-order valence-corrected chi connectivity index (χ3v) is 5.29. The Bertz CT molecular complexity index is 364. The predicted octanol–water partition coefficient (Wildman–Crippen LogP) is 1.60. The van der Waals surface area contributed by atoms with E-state index in [9.17, 15) is 19.8 Å². The van der Waals surface area contributed by atoms with Crippen molar-refractivity contribution in [1.29, 1.82) is 0 Å². The summed E-state index contributed by atoms with van der Waals surface area (Å²) in [6.45, 7) is 0. The molecule has 0 aromatic heterocycles. The first kappa shape index (κ1) is 10.1. The molecule has 3 rings (SSSR count). The summed E-state index contributed by atoms with van der Waals surface area (Å²) in [4.78, 5) is 22.8. The molecule has 0 aromatic rings. The van der Waals surface area contributed by atoms with E-state index >= 15 is 0 Å². The fourth-order valence-electron chi connectivity index (χ4n) is 4.82. The molecule has 0 radical (unpaired) electrons. The van der Waals surface area contributed by atoms with Gasteiger partial charge < -0.3 is 10.2 Å². The third kappa shape index (κ3) is 0.955. The fourth-order valence-corrected chi connectivity index (χ4v) is 4.82. The zero-order chi connectivity index (χ0) is 11.5. The van der Waals surface area contributed by atoms with E-state index < -0.39 is 23.3 Å². The van der Waals surface area contributed by atoms with Crippen LogP contribution in [-0.4, -0.2) is 22.2 Å². The molecule has 16 heavy (non-hydrogen) atoms. The van der Waals surface area contributed by atoms with Crippen LogP contribution in [0.15, 0.2) is 0 Å². The molecule has 0 heterocycles. The average molecular weight is 224 g/mol. The second-order valence-electron chi connectivity index (χ2n) is 5.64. The lowest BCUT2D eigenvalue weighted by Gasteiger charge is -2.36. The molecule has 88 valence electrons. The lowest BCUT2D eigenvalue weighted by Crippen LogP contribution is -2.45. The van der Waals surface area contributed by atoms with Gasteiger partial charge in [-0.15, -0.1) is 0 Å². The summed E-state index contributed by atoms with van der Waals surface area (Å²) >= 11 is 0. The lowest BCUT2D eigenvalue weighted by atomic mass is 9.65. The van der Waals surface area contributed by atoms with Gasteiger partial charge in [0.1, 0.15) is 0 Å². The van der Waals surface area contributed by atoms with Crippen molar-refractivity contribution in [3.8, 4) is 0 Å². The van der Waals surface area contributed by atoms with E-state index in [-0.39, 0.29) is 5.92 Å². The Morgan fingerprint density at radius 2 is 1.94 bits per heavy atom. The summed E-state index contributed by atoms with van der Waals surface area (Å²) in [7, 11) is 0. The number of carboxylic acid groups (broad SMARTS) is 2. The van der Waals surface area contributed by atoms with Gasteiger partial charge in [-0.2, -0.15) is 0 Å².